The molecule has 1 N–H and O–H groups in total. The molecule has 0 atom stereocenters. The van der Waals surface area contributed by atoms with Gasteiger partial charge in [0.05, 0.1) is 10.7 Å². The Bertz CT molecular complexity index is 620. The van der Waals surface area contributed by atoms with Gasteiger partial charge < -0.3 is 15.0 Å². The average Bonchev–Trinajstić information content (AvgIpc) is 3.15. The number of aliphatic imine (C=N–C) groups is 1. The number of thiazole rings is 1. The summed E-state index contributed by atoms with van der Waals surface area (Å²) in [4.78, 5) is 14.5. The number of guanidine groups is 1. The molecule has 2 aliphatic heterocycles. The van der Waals surface area contributed by atoms with Crippen LogP contribution in [-0.4, -0.2) is 73.7 Å². The van der Waals surface area contributed by atoms with Crippen molar-refractivity contribution < 1.29 is 4.74 Å². The molecule has 0 saturated carbocycles. The van der Waals surface area contributed by atoms with Gasteiger partial charge in [-0.25, -0.2) is 4.98 Å². The standard InChI is InChI=1S/C22H39N5OS/c1-4-23-22(26(3)10-5-19-8-13-28-14-9-19)24-15-20-6-11-27(12-7-20)16-21-17-29-18(2)25-21/h17,19-20H,4-16H2,1-3H3,(H,23,24). The Balaban J connectivity index is 1.41. The van der Waals surface area contributed by atoms with Gasteiger partial charge in [-0.1, -0.05) is 0 Å². The molecule has 1 aromatic rings. The SMILES string of the molecule is CCNC(=NCC1CCN(Cc2csc(C)n2)CC1)N(C)CCC1CCOCC1. The molecule has 0 bridgehead atoms. The van der Waals surface area contributed by atoms with Gasteiger partial charge in [0.1, 0.15) is 0 Å². The third kappa shape index (κ3) is 7.54. The van der Waals surface area contributed by atoms with E-state index in [1.54, 1.807) is 11.3 Å². The lowest BCUT2D eigenvalue weighted by Crippen LogP contribution is -2.41. The molecule has 1 aromatic heterocycles. The Morgan fingerprint density at radius 3 is 2.69 bits per heavy atom. The molecule has 7 heteroatoms. The van der Waals surface area contributed by atoms with E-state index in [4.69, 9.17) is 9.73 Å². The Kier molecular flexibility index (Phi) is 9.21. The average molecular weight is 422 g/mol. The maximum absolute atomic E-state index is 5.48. The first-order chi connectivity index (χ1) is 14.1. The molecule has 6 nitrogen and oxygen atoms in total. The molecule has 2 aliphatic rings. The zero-order chi connectivity index (χ0) is 20.5. The summed E-state index contributed by atoms with van der Waals surface area (Å²) in [7, 11) is 2.18. The van der Waals surface area contributed by atoms with Gasteiger partial charge in [0.2, 0.25) is 0 Å². The number of nitrogens with zero attached hydrogens (tertiary/aromatic N) is 4. The van der Waals surface area contributed by atoms with Crippen LogP contribution in [0, 0.1) is 18.8 Å². The van der Waals surface area contributed by atoms with E-state index in [-0.39, 0.29) is 0 Å². The molecule has 0 spiro atoms. The van der Waals surface area contributed by atoms with Gasteiger partial charge in [-0.2, -0.15) is 0 Å². The number of likely N-dealkylation sites (tertiary alicyclic amines) is 1. The number of aryl methyl sites for hydroxylation is 1. The summed E-state index contributed by atoms with van der Waals surface area (Å²) in [6, 6.07) is 0. The van der Waals surface area contributed by atoms with Crippen LogP contribution in [0.1, 0.15) is 49.7 Å². The molecule has 3 heterocycles. The van der Waals surface area contributed by atoms with Gasteiger partial charge in [-0.3, -0.25) is 9.89 Å². The summed E-state index contributed by atoms with van der Waals surface area (Å²) < 4.78 is 5.48. The molecule has 0 radical (unpaired) electrons. The summed E-state index contributed by atoms with van der Waals surface area (Å²) in [5.41, 5.74) is 1.23. The molecule has 0 amide bonds. The first-order valence-corrected chi connectivity index (χ1v) is 12.2. The first-order valence-electron chi connectivity index (χ1n) is 11.3. The third-order valence-corrected chi connectivity index (χ3v) is 6.99. The molecule has 3 rings (SSSR count). The normalized spacial score (nSPS) is 20.2. The minimum atomic E-state index is 0.695. The van der Waals surface area contributed by atoms with Crippen molar-refractivity contribution in [1.82, 2.24) is 20.1 Å². The second kappa shape index (κ2) is 11.9. The molecule has 0 unspecified atom stereocenters. The third-order valence-electron chi connectivity index (χ3n) is 6.17. The highest BCUT2D eigenvalue weighted by atomic mass is 32.1. The van der Waals surface area contributed by atoms with Crippen LogP contribution in [-0.2, 0) is 11.3 Å². The molecule has 0 aliphatic carbocycles. The number of aromatic nitrogens is 1. The van der Waals surface area contributed by atoms with Crippen molar-refractivity contribution in [2.24, 2.45) is 16.8 Å². The van der Waals surface area contributed by atoms with E-state index in [1.807, 2.05) is 0 Å². The highest BCUT2D eigenvalue weighted by molar-refractivity contribution is 7.09. The lowest BCUT2D eigenvalue weighted by molar-refractivity contribution is 0.0625. The van der Waals surface area contributed by atoms with Crippen molar-refractivity contribution in [3.8, 4) is 0 Å². The van der Waals surface area contributed by atoms with E-state index in [0.717, 1.165) is 64.4 Å². The number of hydrogen-bond donors (Lipinski definition) is 1. The van der Waals surface area contributed by atoms with Crippen molar-refractivity contribution in [3.63, 3.8) is 0 Å². The Hall–Kier alpha value is -1.18. The minimum absolute atomic E-state index is 0.695. The van der Waals surface area contributed by atoms with Gasteiger partial charge in [-0.05, 0) is 70.9 Å². The van der Waals surface area contributed by atoms with Gasteiger partial charge in [0, 0.05) is 51.8 Å². The van der Waals surface area contributed by atoms with E-state index in [9.17, 15) is 0 Å². The first kappa shape index (κ1) is 22.5. The quantitative estimate of drug-likeness (QED) is 0.515. The van der Waals surface area contributed by atoms with Crippen molar-refractivity contribution in [2.75, 3.05) is 53.0 Å². The fraction of sp³-hybridized carbons (Fsp3) is 0.818. The van der Waals surface area contributed by atoms with Gasteiger partial charge in [0.25, 0.3) is 0 Å². The highest BCUT2D eigenvalue weighted by Gasteiger charge is 2.20. The van der Waals surface area contributed by atoms with Crippen LogP contribution >= 0.6 is 11.3 Å². The number of rotatable bonds is 8. The van der Waals surface area contributed by atoms with E-state index in [2.05, 4.69) is 46.4 Å². The van der Waals surface area contributed by atoms with E-state index >= 15 is 0 Å². The molecule has 2 saturated heterocycles. The predicted molar refractivity (Wildman–Crippen MR) is 122 cm³/mol. The van der Waals surface area contributed by atoms with Crippen LogP contribution in [0.25, 0.3) is 0 Å². The lowest BCUT2D eigenvalue weighted by atomic mass is 9.96. The minimum Gasteiger partial charge on any atom is -0.381 e. The van der Waals surface area contributed by atoms with E-state index in [1.165, 1.54) is 42.8 Å². The lowest BCUT2D eigenvalue weighted by Gasteiger charge is -2.31. The number of piperidine rings is 1. The summed E-state index contributed by atoms with van der Waals surface area (Å²) in [5.74, 6) is 2.57. The molecule has 2 fully saturated rings. The van der Waals surface area contributed by atoms with Crippen LogP contribution in [0.2, 0.25) is 0 Å². The molecular weight excluding hydrogens is 382 g/mol. The number of nitrogens with one attached hydrogen (secondary N) is 1. The topological polar surface area (TPSA) is 53.0 Å². The largest absolute Gasteiger partial charge is 0.381 e. The van der Waals surface area contributed by atoms with E-state index < -0.39 is 0 Å². The summed E-state index contributed by atoms with van der Waals surface area (Å²) >= 11 is 1.75. The van der Waals surface area contributed by atoms with Crippen molar-refractivity contribution >= 4 is 17.3 Å². The zero-order valence-corrected chi connectivity index (χ0v) is 19.3. The van der Waals surface area contributed by atoms with Crippen LogP contribution in [0.3, 0.4) is 0 Å². The Morgan fingerprint density at radius 2 is 2.03 bits per heavy atom. The van der Waals surface area contributed by atoms with Crippen LogP contribution in [0.5, 0.6) is 0 Å². The predicted octanol–water partition coefficient (Wildman–Crippen LogP) is 3.38. The van der Waals surface area contributed by atoms with E-state index in [0.29, 0.717) is 5.92 Å². The second-order valence-electron chi connectivity index (χ2n) is 8.54. The molecule has 164 valence electrons. The van der Waals surface area contributed by atoms with Gasteiger partial charge in [0.15, 0.2) is 5.96 Å². The highest BCUT2D eigenvalue weighted by Crippen LogP contribution is 2.21. The van der Waals surface area contributed by atoms with Crippen molar-refractivity contribution in [3.05, 3.63) is 16.1 Å². The second-order valence-corrected chi connectivity index (χ2v) is 9.60. The van der Waals surface area contributed by atoms with Crippen molar-refractivity contribution in [1.29, 1.82) is 0 Å². The Morgan fingerprint density at radius 1 is 1.28 bits per heavy atom. The summed E-state index contributed by atoms with van der Waals surface area (Å²) in [6.45, 7) is 12.4. The smallest absolute Gasteiger partial charge is 0.193 e. The Labute approximate surface area is 180 Å². The summed E-state index contributed by atoms with van der Waals surface area (Å²) in [5, 5.41) is 6.85. The molecular formula is C22H39N5OS. The summed E-state index contributed by atoms with van der Waals surface area (Å²) in [6.07, 6.45) is 6.12. The maximum atomic E-state index is 5.48. The van der Waals surface area contributed by atoms with Crippen LogP contribution < -0.4 is 5.32 Å². The fourth-order valence-electron chi connectivity index (χ4n) is 4.24. The zero-order valence-electron chi connectivity index (χ0n) is 18.5. The molecule has 0 aromatic carbocycles. The monoisotopic (exact) mass is 421 g/mol. The van der Waals surface area contributed by atoms with Crippen LogP contribution in [0.15, 0.2) is 10.4 Å². The van der Waals surface area contributed by atoms with Gasteiger partial charge >= 0.3 is 0 Å². The maximum Gasteiger partial charge on any atom is 0.193 e. The van der Waals surface area contributed by atoms with Gasteiger partial charge in [-0.15, -0.1) is 11.3 Å². The fourth-order valence-corrected chi connectivity index (χ4v) is 4.84. The van der Waals surface area contributed by atoms with Crippen molar-refractivity contribution in [2.45, 2.75) is 52.5 Å². The van der Waals surface area contributed by atoms with Crippen LogP contribution in [0.4, 0.5) is 0 Å². The number of hydrogen-bond acceptors (Lipinski definition) is 5. The number of ether oxygens (including phenoxy) is 1. The molecule has 29 heavy (non-hydrogen) atoms.